The summed E-state index contributed by atoms with van der Waals surface area (Å²) in [5, 5.41) is 0.617. The van der Waals surface area contributed by atoms with E-state index in [2.05, 4.69) is 4.98 Å². The van der Waals surface area contributed by atoms with Crippen LogP contribution in [0.1, 0.15) is 19.4 Å². The maximum atomic E-state index is 13.1. The van der Waals surface area contributed by atoms with Gasteiger partial charge < -0.3 is 4.42 Å². The van der Waals surface area contributed by atoms with E-state index < -0.39 is 29.8 Å². The van der Waals surface area contributed by atoms with Crippen molar-refractivity contribution in [2.45, 2.75) is 35.8 Å². The molecule has 0 unspecified atom stereocenters. The van der Waals surface area contributed by atoms with E-state index in [1.165, 1.54) is 23.5 Å². The molecule has 0 saturated carbocycles. The first kappa shape index (κ1) is 19.8. The SMILES string of the molecule is Cc1ccc(S(=O)(=O)c2nc(-c3cccs3)oc2S(=O)(=O)CC(C)C)cc1. The number of oxazole rings is 1. The minimum Gasteiger partial charge on any atom is -0.422 e. The lowest BCUT2D eigenvalue weighted by atomic mass is 10.2. The van der Waals surface area contributed by atoms with E-state index >= 15 is 0 Å². The Morgan fingerprint density at radius 3 is 2.30 bits per heavy atom. The largest absolute Gasteiger partial charge is 0.422 e. The molecule has 1 aromatic carbocycles. The monoisotopic (exact) mass is 425 g/mol. The molecule has 0 aliphatic carbocycles. The molecule has 0 saturated heterocycles. The van der Waals surface area contributed by atoms with Crippen LogP contribution in [0.3, 0.4) is 0 Å². The van der Waals surface area contributed by atoms with Crippen LogP contribution in [-0.4, -0.2) is 27.6 Å². The van der Waals surface area contributed by atoms with Gasteiger partial charge in [-0.3, -0.25) is 0 Å². The molecule has 0 N–H and O–H groups in total. The van der Waals surface area contributed by atoms with Gasteiger partial charge in [-0.2, -0.15) is 4.98 Å². The Morgan fingerprint density at radius 1 is 1.07 bits per heavy atom. The van der Waals surface area contributed by atoms with E-state index in [0.717, 1.165) is 5.56 Å². The Bertz CT molecular complexity index is 1140. The summed E-state index contributed by atoms with van der Waals surface area (Å²) in [6.07, 6.45) is 0. The second kappa shape index (κ2) is 7.21. The van der Waals surface area contributed by atoms with Crippen LogP contribution >= 0.6 is 11.3 Å². The van der Waals surface area contributed by atoms with Gasteiger partial charge in [-0.25, -0.2) is 16.8 Å². The Morgan fingerprint density at radius 2 is 1.74 bits per heavy atom. The van der Waals surface area contributed by atoms with Crippen molar-refractivity contribution in [2.75, 3.05) is 5.75 Å². The Balaban J connectivity index is 2.23. The fraction of sp³-hybridized carbons (Fsp3) is 0.278. The Kier molecular flexibility index (Phi) is 5.29. The van der Waals surface area contributed by atoms with Crippen molar-refractivity contribution in [2.24, 2.45) is 5.92 Å². The minimum atomic E-state index is -4.15. The summed E-state index contributed by atoms with van der Waals surface area (Å²) in [6, 6.07) is 9.61. The average Bonchev–Trinajstić information content (AvgIpc) is 3.24. The molecule has 3 aromatic rings. The molecule has 0 atom stereocenters. The molecule has 0 fully saturated rings. The summed E-state index contributed by atoms with van der Waals surface area (Å²) in [4.78, 5) is 4.60. The van der Waals surface area contributed by atoms with Gasteiger partial charge in [0.1, 0.15) is 0 Å². The third kappa shape index (κ3) is 3.99. The van der Waals surface area contributed by atoms with Crippen LogP contribution in [-0.2, 0) is 19.7 Å². The van der Waals surface area contributed by atoms with E-state index in [4.69, 9.17) is 4.42 Å². The number of nitrogens with zero attached hydrogens (tertiary/aromatic N) is 1. The highest BCUT2D eigenvalue weighted by atomic mass is 32.2. The van der Waals surface area contributed by atoms with E-state index in [9.17, 15) is 16.8 Å². The number of hydrogen-bond donors (Lipinski definition) is 0. The third-order valence-electron chi connectivity index (χ3n) is 3.72. The molecular formula is C18H19NO5S3. The van der Waals surface area contributed by atoms with Gasteiger partial charge in [0.25, 0.3) is 5.09 Å². The molecule has 2 heterocycles. The quantitative estimate of drug-likeness (QED) is 0.593. The molecule has 0 aliphatic heterocycles. The molecule has 144 valence electrons. The molecule has 2 aromatic heterocycles. The fourth-order valence-corrected chi connectivity index (χ4v) is 6.60. The van der Waals surface area contributed by atoms with E-state index in [1.807, 2.05) is 6.92 Å². The predicted molar refractivity (Wildman–Crippen MR) is 103 cm³/mol. The van der Waals surface area contributed by atoms with Crippen molar-refractivity contribution in [1.82, 2.24) is 4.98 Å². The maximum absolute atomic E-state index is 13.1. The zero-order valence-electron chi connectivity index (χ0n) is 15.0. The molecule has 6 nitrogen and oxygen atoms in total. The predicted octanol–water partition coefficient (Wildman–Crippen LogP) is 3.97. The molecule has 3 rings (SSSR count). The number of hydrogen-bond acceptors (Lipinski definition) is 7. The topological polar surface area (TPSA) is 94.3 Å². The number of aromatic nitrogens is 1. The lowest BCUT2D eigenvalue weighted by Gasteiger charge is -2.07. The van der Waals surface area contributed by atoms with Crippen molar-refractivity contribution in [1.29, 1.82) is 0 Å². The second-order valence-corrected chi connectivity index (χ2v) is 11.3. The van der Waals surface area contributed by atoms with Gasteiger partial charge in [0, 0.05) is 0 Å². The van der Waals surface area contributed by atoms with Crippen molar-refractivity contribution in [3.8, 4) is 10.8 Å². The maximum Gasteiger partial charge on any atom is 0.258 e. The lowest BCUT2D eigenvalue weighted by molar-refractivity contribution is 0.443. The molecular weight excluding hydrogens is 406 g/mol. The summed E-state index contributed by atoms with van der Waals surface area (Å²) in [5.41, 5.74) is 0.890. The molecule has 0 aliphatic rings. The first-order valence-corrected chi connectivity index (χ1v) is 12.2. The summed E-state index contributed by atoms with van der Waals surface area (Å²) in [5.74, 6) is -0.444. The summed E-state index contributed by atoms with van der Waals surface area (Å²) in [7, 11) is -8.12. The molecule has 9 heteroatoms. The zero-order valence-corrected chi connectivity index (χ0v) is 17.5. The number of rotatable bonds is 6. The van der Waals surface area contributed by atoms with Crippen molar-refractivity contribution in [3.05, 3.63) is 47.3 Å². The standard InChI is InChI=1S/C18H19NO5S3/c1-12(2)11-26(20,21)18-17(19-16(24-18)15-5-4-10-25-15)27(22,23)14-8-6-13(3)7-9-14/h4-10,12H,11H2,1-3H3. The van der Waals surface area contributed by atoms with Crippen LogP contribution in [0.4, 0.5) is 0 Å². The van der Waals surface area contributed by atoms with Gasteiger partial charge >= 0.3 is 0 Å². The summed E-state index contributed by atoms with van der Waals surface area (Å²) in [6.45, 7) is 5.31. The van der Waals surface area contributed by atoms with Crippen molar-refractivity contribution >= 4 is 31.0 Å². The molecule has 0 spiro atoms. The van der Waals surface area contributed by atoms with Crippen LogP contribution in [0.5, 0.6) is 0 Å². The van der Waals surface area contributed by atoms with E-state index in [-0.39, 0.29) is 22.5 Å². The van der Waals surface area contributed by atoms with Gasteiger partial charge in [-0.15, -0.1) is 11.3 Å². The van der Waals surface area contributed by atoms with E-state index in [1.54, 1.807) is 43.5 Å². The molecule has 0 radical (unpaired) electrons. The molecule has 0 bridgehead atoms. The first-order valence-electron chi connectivity index (χ1n) is 8.20. The molecule has 27 heavy (non-hydrogen) atoms. The zero-order chi connectivity index (χ0) is 19.8. The number of aryl methyl sites for hydroxylation is 1. The van der Waals surface area contributed by atoms with Crippen LogP contribution in [0, 0.1) is 12.8 Å². The van der Waals surface area contributed by atoms with E-state index in [0.29, 0.717) is 4.88 Å². The van der Waals surface area contributed by atoms with Crippen LogP contribution < -0.4 is 0 Å². The van der Waals surface area contributed by atoms with Gasteiger partial charge in [0.05, 0.1) is 15.5 Å². The van der Waals surface area contributed by atoms with Crippen molar-refractivity contribution in [3.63, 3.8) is 0 Å². The second-order valence-electron chi connectivity index (χ2n) is 6.58. The fourth-order valence-electron chi connectivity index (χ4n) is 2.51. The third-order valence-corrected chi connectivity index (χ3v) is 8.33. The van der Waals surface area contributed by atoms with Gasteiger partial charge in [-0.1, -0.05) is 37.6 Å². The summed E-state index contributed by atoms with van der Waals surface area (Å²) >= 11 is 1.29. The number of sulfone groups is 2. The van der Waals surface area contributed by atoms with Crippen LogP contribution in [0.25, 0.3) is 10.8 Å². The van der Waals surface area contributed by atoms with Crippen LogP contribution in [0.2, 0.25) is 0 Å². The van der Waals surface area contributed by atoms with Gasteiger partial charge in [0.15, 0.2) is 0 Å². The van der Waals surface area contributed by atoms with Crippen molar-refractivity contribution < 1.29 is 21.3 Å². The van der Waals surface area contributed by atoms with Crippen LogP contribution in [0.15, 0.2) is 61.2 Å². The Labute approximate surface area is 162 Å². The first-order chi connectivity index (χ1) is 12.6. The Hall–Kier alpha value is -1.97. The van der Waals surface area contributed by atoms with Gasteiger partial charge in [-0.05, 0) is 36.4 Å². The highest BCUT2D eigenvalue weighted by molar-refractivity contribution is 7.94. The summed E-state index contributed by atoms with van der Waals surface area (Å²) < 4.78 is 57.3. The minimum absolute atomic E-state index is 0.0157. The number of thiophene rings is 1. The lowest BCUT2D eigenvalue weighted by Crippen LogP contribution is -2.15. The highest BCUT2D eigenvalue weighted by Gasteiger charge is 2.35. The smallest absolute Gasteiger partial charge is 0.258 e. The average molecular weight is 426 g/mol. The van der Waals surface area contributed by atoms with Gasteiger partial charge in [0.2, 0.25) is 30.6 Å². The molecule has 0 amide bonds. The number of benzene rings is 1. The normalized spacial score (nSPS) is 12.6. The highest BCUT2D eigenvalue weighted by Crippen LogP contribution is 2.34.